The molecule has 1 saturated heterocycles. The first kappa shape index (κ1) is 17.3. The molecule has 1 fully saturated rings. The highest BCUT2D eigenvalue weighted by Gasteiger charge is 2.21. The lowest BCUT2D eigenvalue weighted by molar-refractivity contribution is 0.426. The Balaban J connectivity index is 1.85. The van der Waals surface area contributed by atoms with Gasteiger partial charge in [-0.15, -0.1) is 0 Å². The van der Waals surface area contributed by atoms with E-state index in [1.807, 2.05) is 11.8 Å². The summed E-state index contributed by atoms with van der Waals surface area (Å²) in [6.45, 7) is 3.04. The number of hydrogen-bond acceptors (Lipinski definition) is 4. The summed E-state index contributed by atoms with van der Waals surface area (Å²) in [5.41, 5.74) is 0. The molecule has 5 heteroatoms. The molecule has 0 aromatic rings. The molecule has 1 unspecified atom stereocenters. The first-order valence-electron chi connectivity index (χ1n) is 7.54. The molecule has 1 atom stereocenters. The van der Waals surface area contributed by atoms with E-state index in [0.29, 0.717) is 17.6 Å². The van der Waals surface area contributed by atoms with E-state index in [1.54, 1.807) is 0 Å². The van der Waals surface area contributed by atoms with Crippen molar-refractivity contribution in [2.24, 2.45) is 0 Å². The number of thioether (sulfide) groups is 1. The van der Waals surface area contributed by atoms with E-state index >= 15 is 0 Å². The van der Waals surface area contributed by atoms with Crippen molar-refractivity contribution in [2.45, 2.75) is 58.0 Å². The maximum absolute atomic E-state index is 11.7. The number of rotatable bonds is 13. The fraction of sp³-hybridized carbons (Fsp3) is 1.00. The normalized spacial score (nSPS) is 18.7. The molecule has 0 aromatic heterocycles. The highest BCUT2D eigenvalue weighted by molar-refractivity contribution is 7.99. The van der Waals surface area contributed by atoms with Crippen LogP contribution in [0.5, 0.6) is 0 Å². The number of ether oxygens (including phenoxy) is 1. The SMILES string of the molecule is CCCCCS(=O)(=O)CCCCCCSCC1CO1. The smallest absolute Gasteiger partial charge is 0.150 e. The second-order valence-corrected chi connectivity index (χ2v) is 8.76. The van der Waals surface area contributed by atoms with Crippen molar-refractivity contribution in [3.8, 4) is 0 Å². The van der Waals surface area contributed by atoms with Gasteiger partial charge in [0, 0.05) is 5.75 Å². The van der Waals surface area contributed by atoms with Gasteiger partial charge in [0.25, 0.3) is 0 Å². The molecule has 0 radical (unpaired) electrons. The summed E-state index contributed by atoms with van der Waals surface area (Å²) < 4.78 is 28.6. The molecule has 0 amide bonds. The highest BCUT2D eigenvalue weighted by Crippen LogP contribution is 2.17. The van der Waals surface area contributed by atoms with Crippen LogP contribution in [0, 0.1) is 0 Å². The maximum atomic E-state index is 11.7. The lowest BCUT2D eigenvalue weighted by atomic mass is 10.2. The van der Waals surface area contributed by atoms with Crippen LogP contribution in [-0.4, -0.2) is 44.1 Å². The van der Waals surface area contributed by atoms with Crippen LogP contribution in [-0.2, 0) is 14.6 Å². The van der Waals surface area contributed by atoms with E-state index in [1.165, 1.54) is 12.2 Å². The van der Waals surface area contributed by atoms with Crippen molar-refractivity contribution >= 4 is 21.6 Å². The van der Waals surface area contributed by atoms with Crippen LogP contribution in [0.1, 0.15) is 51.9 Å². The first-order chi connectivity index (χ1) is 9.14. The van der Waals surface area contributed by atoms with Gasteiger partial charge in [-0.2, -0.15) is 11.8 Å². The van der Waals surface area contributed by atoms with E-state index in [0.717, 1.165) is 50.9 Å². The topological polar surface area (TPSA) is 46.7 Å². The minimum atomic E-state index is -2.78. The third-order valence-corrected chi connectivity index (χ3v) is 6.27. The summed E-state index contributed by atoms with van der Waals surface area (Å²) in [5.74, 6) is 3.09. The molecule has 0 aliphatic carbocycles. The van der Waals surface area contributed by atoms with Gasteiger partial charge in [0.15, 0.2) is 0 Å². The standard InChI is InChI=1S/C14H28O3S2/c1-2-3-7-10-19(15,16)11-8-5-4-6-9-18-13-14-12-17-14/h14H,2-13H2,1H3. The average Bonchev–Trinajstić information content (AvgIpc) is 3.16. The Morgan fingerprint density at radius 2 is 1.68 bits per heavy atom. The van der Waals surface area contributed by atoms with Crippen molar-refractivity contribution in [2.75, 3.05) is 29.6 Å². The van der Waals surface area contributed by atoms with Crippen LogP contribution in [0.25, 0.3) is 0 Å². The molecule has 1 aliphatic rings. The number of unbranched alkanes of at least 4 members (excludes halogenated alkanes) is 5. The second kappa shape index (κ2) is 10.1. The number of hydrogen-bond donors (Lipinski definition) is 0. The quantitative estimate of drug-likeness (QED) is 0.387. The fourth-order valence-corrected chi connectivity index (χ4v) is 4.46. The highest BCUT2D eigenvalue weighted by atomic mass is 32.2. The molecule has 114 valence electrons. The molecule has 0 bridgehead atoms. The lowest BCUT2D eigenvalue weighted by Crippen LogP contribution is -2.11. The van der Waals surface area contributed by atoms with Crippen LogP contribution in [0.2, 0.25) is 0 Å². The second-order valence-electron chi connectivity index (χ2n) is 5.30. The van der Waals surface area contributed by atoms with Gasteiger partial charge in [0.2, 0.25) is 0 Å². The Morgan fingerprint density at radius 1 is 1.05 bits per heavy atom. The van der Waals surface area contributed by atoms with Crippen LogP contribution in [0.4, 0.5) is 0 Å². The monoisotopic (exact) mass is 308 g/mol. The molecule has 0 aromatic carbocycles. The molecule has 0 spiro atoms. The van der Waals surface area contributed by atoms with Crippen molar-refractivity contribution < 1.29 is 13.2 Å². The van der Waals surface area contributed by atoms with Gasteiger partial charge in [-0.3, -0.25) is 0 Å². The maximum Gasteiger partial charge on any atom is 0.150 e. The summed E-state index contributed by atoms with van der Waals surface area (Å²) in [6, 6.07) is 0. The molecular weight excluding hydrogens is 280 g/mol. The zero-order valence-electron chi connectivity index (χ0n) is 12.1. The zero-order chi connectivity index (χ0) is 14.0. The molecular formula is C14H28O3S2. The molecule has 1 heterocycles. The fourth-order valence-electron chi connectivity index (χ4n) is 1.93. The van der Waals surface area contributed by atoms with Crippen molar-refractivity contribution in [1.29, 1.82) is 0 Å². The van der Waals surface area contributed by atoms with E-state index in [4.69, 9.17) is 4.74 Å². The molecule has 0 N–H and O–H groups in total. The summed E-state index contributed by atoms with van der Waals surface area (Å²) in [6.07, 6.45) is 7.71. The lowest BCUT2D eigenvalue weighted by Gasteiger charge is -2.04. The molecule has 0 saturated carbocycles. The Hall–Kier alpha value is 0.260. The molecule has 1 aliphatic heterocycles. The summed E-state index contributed by atoms with van der Waals surface area (Å²) in [5, 5.41) is 0. The number of sulfone groups is 1. The van der Waals surface area contributed by atoms with Crippen LogP contribution in [0.3, 0.4) is 0 Å². The summed E-state index contributed by atoms with van der Waals surface area (Å²) in [7, 11) is -2.78. The van der Waals surface area contributed by atoms with Gasteiger partial charge in [-0.25, -0.2) is 8.42 Å². The first-order valence-corrected chi connectivity index (χ1v) is 10.5. The summed E-state index contributed by atoms with van der Waals surface area (Å²) >= 11 is 1.96. The van der Waals surface area contributed by atoms with E-state index in [2.05, 4.69) is 6.92 Å². The van der Waals surface area contributed by atoms with Gasteiger partial charge in [0.1, 0.15) is 9.84 Å². The average molecular weight is 309 g/mol. The van der Waals surface area contributed by atoms with Gasteiger partial charge in [-0.05, 0) is 25.0 Å². The van der Waals surface area contributed by atoms with Gasteiger partial charge in [-0.1, -0.05) is 32.6 Å². The predicted molar refractivity (Wildman–Crippen MR) is 83.7 cm³/mol. The molecule has 3 nitrogen and oxygen atoms in total. The minimum Gasteiger partial charge on any atom is -0.372 e. The van der Waals surface area contributed by atoms with Gasteiger partial charge < -0.3 is 4.74 Å². The molecule has 1 rings (SSSR count). The van der Waals surface area contributed by atoms with E-state index in [-0.39, 0.29) is 0 Å². The van der Waals surface area contributed by atoms with Crippen LogP contribution in [0.15, 0.2) is 0 Å². The minimum absolute atomic E-state index is 0.387. The van der Waals surface area contributed by atoms with Gasteiger partial charge in [0.05, 0.1) is 24.2 Å². The van der Waals surface area contributed by atoms with Gasteiger partial charge >= 0.3 is 0 Å². The van der Waals surface area contributed by atoms with Crippen LogP contribution < -0.4 is 0 Å². The predicted octanol–water partition coefficient (Wildman–Crippen LogP) is 3.28. The zero-order valence-corrected chi connectivity index (χ0v) is 13.7. The summed E-state index contributed by atoms with van der Waals surface area (Å²) in [4.78, 5) is 0. The van der Waals surface area contributed by atoms with Crippen molar-refractivity contribution in [3.05, 3.63) is 0 Å². The largest absolute Gasteiger partial charge is 0.372 e. The van der Waals surface area contributed by atoms with Crippen LogP contribution >= 0.6 is 11.8 Å². The Labute approximate surface area is 122 Å². The van der Waals surface area contributed by atoms with E-state index < -0.39 is 9.84 Å². The van der Waals surface area contributed by atoms with E-state index in [9.17, 15) is 8.42 Å². The Kier molecular flexibility index (Phi) is 9.16. The Bertz CT molecular complexity index is 311. The Morgan fingerprint density at radius 3 is 2.32 bits per heavy atom. The third-order valence-electron chi connectivity index (χ3n) is 3.26. The van der Waals surface area contributed by atoms with Crippen molar-refractivity contribution in [3.63, 3.8) is 0 Å². The van der Waals surface area contributed by atoms with Crippen molar-refractivity contribution in [1.82, 2.24) is 0 Å². The molecule has 19 heavy (non-hydrogen) atoms. The third kappa shape index (κ3) is 10.7. The number of epoxide rings is 1.